The fourth-order valence-electron chi connectivity index (χ4n) is 3.06. The van der Waals surface area contributed by atoms with Crippen LogP contribution in [0.3, 0.4) is 0 Å². The van der Waals surface area contributed by atoms with Crippen molar-refractivity contribution in [2.45, 2.75) is 31.1 Å². The Morgan fingerprint density at radius 2 is 1.68 bits per heavy atom. The Bertz CT molecular complexity index is 1390. The molecule has 0 aliphatic rings. The molecule has 0 radical (unpaired) electrons. The van der Waals surface area contributed by atoms with Gasteiger partial charge in [-0.1, -0.05) is 32.9 Å². The predicted molar refractivity (Wildman–Crippen MR) is 129 cm³/mol. The van der Waals surface area contributed by atoms with Crippen LogP contribution in [0.15, 0.2) is 53.6 Å². The monoisotopic (exact) mass is 522 g/mol. The summed E-state index contributed by atoms with van der Waals surface area (Å²) in [6.45, 7) is 5.94. The lowest BCUT2D eigenvalue weighted by molar-refractivity contribution is 0.535. The highest BCUT2D eigenvalue weighted by Gasteiger charge is 2.26. The van der Waals surface area contributed by atoms with Crippen molar-refractivity contribution < 1.29 is 17.4 Å². The highest BCUT2D eigenvalue weighted by molar-refractivity contribution is 7.86. The van der Waals surface area contributed by atoms with E-state index in [1.807, 2.05) is 20.8 Å². The fourth-order valence-corrected chi connectivity index (χ4v) is 5.27. The molecule has 0 aliphatic heterocycles. The van der Waals surface area contributed by atoms with E-state index >= 15 is 4.39 Å². The molecule has 0 fully saturated rings. The molecule has 2 heterocycles. The molecule has 5 nitrogen and oxygen atoms in total. The number of thiazole rings is 1. The lowest BCUT2D eigenvalue weighted by Crippen LogP contribution is -2.11. The van der Waals surface area contributed by atoms with Crippen molar-refractivity contribution in [3.8, 4) is 21.8 Å². The van der Waals surface area contributed by atoms with Gasteiger partial charge in [0.05, 0.1) is 27.0 Å². The molecular formula is C23H18ClF3N4OS2. The van der Waals surface area contributed by atoms with Crippen molar-refractivity contribution in [3.63, 3.8) is 0 Å². The van der Waals surface area contributed by atoms with E-state index in [1.54, 1.807) is 6.07 Å². The number of benzene rings is 2. The molecule has 0 aliphatic carbocycles. The molecule has 1 atom stereocenters. The number of hydrogen-bond donors (Lipinski definition) is 1. The third kappa shape index (κ3) is 4.84. The largest absolute Gasteiger partial charge is 0.298 e. The summed E-state index contributed by atoms with van der Waals surface area (Å²) >= 11 is 7.32. The predicted octanol–water partition coefficient (Wildman–Crippen LogP) is 6.77. The van der Waals surface area contributed by atoms with E-state index in [9.17, 15) is 13.0 Å². The maximum Gasteiger partial charge on any atom is 0.222 e. The summed E-state index contributed by atoms with van der Waals surface area (Å²) in [5.74, 6) is -2.78. The van der Waals surface area contributed by atoms with Crippen LogP contribution < -0.4 is 4.72 Å². The Morgan fingerprint density at radius 3 is 2.32 bits per heavy atom. The Kier molecular flexibility index (Phi) is 6.75. The zero-order valence-electron chi connectivity index (χ0n) is 18.2. The third-order valence-corrected chi connectivity index (χ3v) is 7.54. The standard InChI is InChI=1S/C23H18ClF3N4OS2/c1-23(2,3)21-30-18(19(33-21)16-10-11-28-22(24)29-16)12-6-4-9-15(17(12)27)31-34(32)20-13(25)7-5-8-14(20)26/h4-11,31H,1-3H3. The number of hydrogen-bond acceptors (Lipinski definition) is 5. The smallest absolute Gasteiger partial charge is 0.222 e. The van der Waals surface area contributed by atoms with Crippen LogP contribution in [0.25, 0.3) is 21.8 Å². The summed E-state index contributed by atoms with van der Waals surface area (Å²) in [7, 11) is -2.38. The maximum absolute atomic E-state index is 15.6. The third-order valence-electron chi connectivity index (χ3n) is 4.69. The van der Waals surface area contributed by atoms with Crippen molar-refractivity contribution in [2.24, 2.45) is 0 Å². The van der Waals surface area contributed by atoms with E-state index in [-0.39, 0.29) is 21.9 Å². The zero-order valence-corrected chi connectivity index (χ0v) is 20.6. The molecule has 1 unspecified atom stereocenters. The molecule has 2 aromatic carbocycles. The van der Waals surface area contributed by atoms with Gasteiger partial charge >= 0.3 is 0 Å². The molecule has 0 amide bonds. The Balaban J connectivity index is 1.81. The summed E-state index contributed by atoms with van der Waals surface area (Å²) in [6, 6.07) is 9.13. The maximum atomic E-state index is 15.6. The van der Waals surface area contributed by atoms with Gasteiger partial charge in [0.25, 0.3) is 0 Å². The quantitative estimate of drug-likeness (QED) is 0.294. The minimum Gasteiger partial charge on any atom is -0.298 e. The lowest BCUT2D eigenvalue weighted by atomic mass is 9.98. The minimum absolute atomic E-state index is 0.0346. The van der Waals surface area contributed by atoms with E-state index in [2.05, 4.69) is 19.7 Å². The average Bonchev–Trinajstić information content (AvgIpc) is 3.21. The Hall–Kier alpha value is -2.82. The van der Waals surface area contributed by atoms with Gasteiger partial charge in [0, 0.05) is 17.2 Å². The van der Waals surface area contributed by atoms with Gasteiger partial charge in [0.1, 0.15) is 16.5 Å². The second-order valence-electron chi connectivity index (χ2n) is 8.25. The number of anilines is 1. The van der Waals surface area contributed by atoms with Gasteiger partial charge in [-0.3, -0.25) is 4.72 Å². The van der Waals surface area contributed by atoms with Crippen molar-refractivity contribution in [1.82, 2.24) is 15.0 Å². The highest BCUT2D eigenvalue weighted by Crippen LogP contribution is 2.42. The normalized spacial score (nSPS) is 12.6. The summed E-state index contributed by atoms with van der Waals surface area (Å²) in [4.78, 5) is 12.7. The number of rotatable bonds is 5. The molecule has 176 valence electrons. The van der Waals surface area contributed by atoms with Crippen molar-refractivity contribution >= 4 is 39.6 Å². The first-order valence-corrected chi connectivity index (χ1v) is 12.3. The first-order chi connectivity index (χ1) is 16.1. The fraction of sp³-hybridized carbons (Fsp3) is 0.174. The number of halogens is 4. The van der Waals surface area contributed by atoms with Crippen molar-refractivity contribution in [1.29, 1.82) is 0 Å². The van der Waals surface area contributed by atoms with Crippen LogP contribution in [0.4, 0.5) is 18.9 Å². The van der Waals surface area contributed by atoms with Gasteiger partial charge in [0.2, 0.25) is 5.28 Å². The topological polar surface area (TPSA) is 67.8 Å². The van der Waals surface area contributed by atoms with Crippen LogP contribution in [0.1, 0.15) is 25.8 Å². The van der Waals surface area contributed by atoms with Gasteiger partial charge in [-0.2, -0.15) is 0 Å². The molecule has 0 saturated heterocycles. The Labute approximate surface area is 205 Å². The number of nitrogens with one attached hydrogen (secondary N) is 1. The van der Waals surface area contributed by atoms with E-state index in [0.29, 0.717) is 16.3 Å². The summed E-state index contributed by atoms with van der Waals surface area (Å²) in [5, 5.41) is 0.773. The highest BCUT2D eigenvalue weighted by atomic mass is 35.5. The molecule has 4 aromatic rings. The molecule has 0 saturated carbocycles. The van der Waals surface area contributed by atoms with Gasteiger partial charge in [-0.15, -0.1) is 11.3 Å². The summed E-state index contributed by atoms with van der Waals surface area (Å²) < 4.78 is 58.7. The molecular weight excluding hydrogens is 505 g/mol. The lowest BCUT2D eigenvalue weighted by Gasteiger charge is -2.13. The molecule has 34 heavy (non-hydrogen) atoms. The van der Waals surface area contributed by atoms with Crippen LogP contribution in [0.2, 0.25) is 5.28 Å². The molecule has 4 rings (SSSR count). The van der Waals surface area contributed by atoms with Crippen LogP contribution in [0.5, 0.6) is 0 Å². The van der Waals surface area contributed by atoms with Crippen LogP contribution in [0, 0.1) is 17.5 Å². The van der Waals surface area contributed by atoms with Gasteiger partial charge in [-0.25, -0.2) is 32.3 Å². The first kappa shape index (κ1) is 24.3. The van der Waals surface area contributed by atoms with Crippen LogP contribution in [-0.2, 0) is 16.4 Å². The summed E-state index contributed by atoms with van der Waals surface area (Å²) in [6.07, 6.45) is 1.49. The molecule has 2 aromatic heterocycles. The molecule has 0 bridgehead atoms. The second kappa shape index (κ2) is 9.44. The zero-order chi connectivity index (χ0) is 24.6. The van der Waals surface area contributed by atoms with Gasteiger partial charge in [-0.05, 0) is 41.9 Å². The van der Waals surface area contributed by atoms with E-state index in [0.717, 1.165) is 23.2 Å². The van der Waals surface area contributed by atoms with E-state index < -0.39 is 33.3 Å². The summed E-state index contributed by atoms with van der Waals surface area (Å²) in [5.41, 5.74) is 0.361. The van der Waals surface area contributed by atoms with Gasteiger partial charge < -0.3 is 0 Å². The SMILES string of the molecule is CC(C)(C)c1nc(-c2cccc(NS(=O)c3c(F)cccc3F)c2F)c(-c2ccnc(Cl)n2)s1. The van der Waals surface area contributed by atoms with Crippen molar-refractivity contribution in [3.05, 3.63) is 76.4 Å². The van der Waals surface area contributed by atoms with Crippen LogP contribution in [-0.4, -0.2) is 19.2 Å². The van der Waals surface area contributed by atoms with Gasteiger partial charge in [0.15, 0.2) is 16.8 Å². The van der Waals surface area contributed by atoms with E-state index in [1.165, 1.54) is 35.7 Å². The molecule has 11 heteroatoms. The molecule has 0 spiro atoms. The minimum atomic E-state index is -2.38. The Morgan fingerprint density at radius 1 is 1.00 bits per heavy atom. The second-order valence-corrected chi connectivity index (χ2v) is 10.7. The van der Waals surface area contributed by atoms with E-state index in [4.69, 9.17) is 11.6 Å². The average molecular weight is 523 g/mol. The number of nitrogens with zero attached hydrogens (tertiary/aromatic N) is 3. The van der Waals surface area contributed by atoms with Crippen molar-refractivity contribution in [2.75, 3.05) is 4.72 Å². The number of aromatic nitrogens is 3. The first-order valence-electron chi connectivity index (χ1n) is 9.98. The van der Waals surface area contributed by atoms with Crippen LogP contribution >= 0.6 is 22.9 Å². The molecule has 1 N–H and O–H groups in total.